The minimum atomic E-state index is -0.257. The molecule has 0 spiro atoms. The van der Waals surface area contributed by atoms with Gasteiger partial charge in [-0.1, -0.05) is 19.0 Å². The van der Waals surface area contributed by atoms with Crippen LogP contribution in [-0.2, 0) is 11.4 Å². The third-order valence-electron chi connectivity index (χ3n) is 5.34. The predicted octanol–water partition coefficient (Wildman–Crippen LogP) is 1.58. The summed E-state index contributed by atoms with van der Waals surface area (Å²) in [6.07, 6.45) is 2.17. The van der Waals surface area contributed by atoms with Crippen molar-refractivity contribution in [2.24, 2.45) is 11.8 Å². The Morgan fingerprint density at radius 1 is 1.40 bits per heavy atom. The third kappa shape index (κ3) is 3.42. The molecule has 1 N–H and O–H groups in total. The Labute approximate surface area is 147 Å². The molecule has 0 aliphatic carbocycles. The van der Waals surface area contributed by atoms with Crippen LogP contribution in [0.3, 0.4) is 0 Å². The Bertz CT molecular complexity index is 655. The summed E-state index contributed by atoms with van der Waals surface area (Å²) in [6.45, 7) is 7.69. The fraction of sp³-hybridized carbons (Fsp3) is 0.722. The molecular formula is C18H27N3O4. The van der Waals surface area contributed by atoms with E-state index in [4.69, 9.17) is 4.52 Å². The van der Waals surface area contributed by atoms with Crippen LogP contribution in [0.25, 0.3) is 0 Å². The second-order valence-corrected chi connectivity index (χ2v) is 7.57. The Balaban J connectivity index is 1.73. The summed E-state index contributed by atoms with van der Waals surface area (Å²) >= 11 is 0. The Morgan fingerprint density at radius 3 is 2.84 bits per heavy atom. The maximum atomic E-state index is 12.8. The number of aromatic nitrogens is 1. The van der Waals surface area contributed by atoms with Crippen LogP contribution in [-0.4, -0.2) is 57.6 Å². The average Bonchev–Trinajstić information content (AvgIpc) is 2.96. The average molecular weight is 349 g/mol. The second-order valence-electron chi connectivity index (χ2n) is 7.57. The second kappa shape index (κ2) is 7.15. The lowest BCUT2D eigenvalue weighted by Crippen LogP contribution is -2.57. The van der Waals surface area contributed by atoms with Crippen molar-refractivity contribution in [1.29, 1.82) is 0 Å². The number of aliphatic hydroxyl groups is 1. The van der Waals surface area contributed by atoms with E-state index < -0.39 is 0 Å². The first kappa shape index (κ1) is 17.9. The van der Waals surface area contributed by atoms with Crippen molar-refractivity contribution in [3.8, 4) is 0 Å². The summed E-state index contributed by atoms with van der Waals surface area (Å²) in [6, 6.07) is 0.226. The van der Waals surface area contributed by atoms with Gasteiger partial charge < -0.3 is 19.4 Å². The smallest absolute Gasteiger partial charge is 0.276 e. The molecule has 2 aliphatic heterocycles. The summed E-state index contributed by atoms with van der Waals surface area (Å²) in [5.41, 5.74) is 0.678. The van der Waals surface area contributed by atoms with Crippen molar-refractivity contribution in [2.45, 2.75) is 52.7 Å². The van der Waals surface area contributed by atoms with Crippen LogP contribution in [0.5, 0.6) is 0 Å². The van der Waals surface area contributed by atoms with Crippen LogP contribution in [0.4, 0.5) is 0 Å². The first-order valence-corrected chi connectivity index (χ1v) is 9.07. The van der Waals surface area contributed by atoms with E-state index in [9.17, 15) is 14.7 Å². The first-order valence-electron chi connectivity index (χ1n) is 9.07. The standard InChI is InChI=1S/C18H27N3O4/c1-11(2)8-21-15-6-7-20(9-13(15)4-5-16(21)23)18(24)17-14(10-22)12(3)25-19-17/h11,13,15,22H,4-10H2,1-3H3/t13-,15+/m0/s1. The fourth-order valence-electron chi connectivity index (χ4n) is 4.06. The lowest BCUT2D eigenvalue weighted by atomic mass is 9.83. The SMILES string of the molecule is Cc1onc(C(=O)N2CC[C@@H]3[C@@H](CCC(=O)N3CC(C)C)C2)c1CO. The van der Waals surface area contributed by atoms with Gasteiger partial charge in [-0.15, -0.1) is 0 Å². The van der Waals surface area contributed by atoms with Crippen LogP contribution < -0.4 is 0 Å². The van der Waals surface area contributed by atoms with E-state index in [2.05, 4.69) is 19.0 Å². The van der Waals surface area contributed by atoms with Gasteiger partial charge in [-0.3, -0.25) is 9.59 Å². The van der Waals surface area contributed by atoms with Gasteiger partial charge in [-0.2, -0.15) is 0 Å². The first-order chi connectivity index (χ1) is 11.9. The molecule has 138 valence electrons. The van der Waals surface area contributed by atoms with Gasteiger partial charge in [0.05, 0.1) is 12.2 Å². The highest BCUT2D eigenvalue weighted by atomic mass is 16.5. The van der Waals surface area contributed by atoms with Crippen LogP contribution >= 0.6 is 0 Å². The molecule has 7 nitrogen and oxygen atoms in total. The van der Waals surface area contributed by atoms with Gasteiger partial charge in [0, 0.05) is 32.1 Å². The molecule has 2 fully saturated rings. The molecule has 3 rings (SSSR count). The molecular weight excluding hydrogens is 322 g/mol. The highest BCUT2D eigenvalue weighted by molar-refractivity contribution is 5.94. The van der Waals surface area contributed by atoms with Crippen molar-refractivity contribution in [2.75, 3.05) is 19.6 Å². The molecule has 1 aromatic rings. The molecule has 3 heterocycles. The minimum absolute atomic E-state index is 0.188. The van der Waals surface area contributed by atoms with E-state index in [1.54, 1.807) is 11.8 Å². The summed E-state index contributed by atoms with van der Waals surface area (Å²) < 4.78 is 5.07. The molecule has 0 aromatic carbocycles. The predicted molar refractivity (Wildman–Crippen MR) is 90.7 cm³/mol. The summed E-state index contributed by atoms with van der Waals surface area (Å²) in [4.78, 5) is 28.9. The Morgan fingerprint density at radius 2 is 2.16 bits per heavy atom. The quantitative estimate of drug-likeness (QED) is 0.892. The molecule has 0 radical (unpaired) electrons. The molecule has 2 saturated heterocycles. The molecule has 25 heavy (non-hydrogen) atoms. The van der Waals surface area contributed by atoms with Crippen LogP contribution in [0.1, 0.15) is 54.9 Å². The largest absolute Gasteiger partial charge is 0.391 e. The number of aliphatic hydroxyl groups excluding tert-OH is 1. The molecule has 0 saturated carbocycles. The number of hydrogen-bond acceptors (Lipinski definition) is 5. The van der Waals surface area contributed by atoms with E-state index in [0.717, 1.165) is 19.4 Å². The van der Waals surface area contributed by atoms with Crippen molar-refractivity contribution in [3.05, 3.63) is 17.0 Å². The van der Waals surface area contributed by atoms with Gasteiger partial charge >= 0.3 is 0 Å². The third-order valence-corrected chi connectivity index (χ3v) is 5.34. The van der Waals surface area contributed by atoms with Crippen molar-refractivity contribution in [1.82, 2.24) is 15.0 Å². The van der Waals surface area contributed by atoms with Gasteiger partial charge in [0.2, 0.25) is 5.91 Å². The highest BCUT2D eigenvalue weighted by Crippen LogP contribution is 2.32. The number of carbonyl (C=O) groups is 2. The van der Waals surface area contributed by atoms with Crippen molar-refractivity contribution >= 4 is 11.8 Å². The maximum Gasteiger partial charge on any atom is 0.276 e. The normalized spacial score (nSPS) is 24.0. The summed E-state index contributed by atoms with van der Waals surface area (Å²) in [5, 5.41) is 13.3. The highest BCUT2D eigenvalue weighted by Gasteiger charge is 2.41. The van der Waals surface area contributed by atoms with Crippen LogP contribution in [0.2, 0.25) is 0 Å². The van der Waals surface area contributed by atoms with E-state index in [1.807, 2.05) is 4.90 Å². The number of aryl methyl sites for hydroxylation is 1. The topological polar surface area (TPSA) is 86.9 Å². The molecule has 2 atom stereocenters. The van der Waals surface area contributed by atoms with Gasteiger partial charge in [-0.05, 0) is 31.6 Å². The van der Waals surface area contributed by atoms with E-state index in [-0.39, 0.29) is 30.2 Å². The Kier molecular flexibility index (Phi) is 5.13. The zero-order valence-corrected chi connectivity index (χ0v) is 15.2. The van der Waals surface area contributed by atoms with Crippen LogP contribution in [0.15, 0.2) is 4.52 Å². The lowest BCUT2D eigenvalue weighted by Gasteiger charge is -2.47. The molecule has 1 aromatic heterocycles. The molecule has 0 bridgehead atoms. The van der Waals surface area contributed by atoms with Gasteiger partial charge in [0.15, 0.2) is 5.69 Å². The van der Waals surface area contributed by atoms with Crippen molar-refractivity contribution in [3.63, 3.8) is 0 Å². The minimum Gasteiger partial charge on any atom is -0.391 e. The number of rotatable bonds is 4. The van der Waals surface area contributed by atoms with E-state index in [1.165, 1.54) is 0 Å². The fourth-order valence-corrected chi connectivity index (χ4v) is 4.06. The molecule has 2 amide bonds. The van der Waals surface area contributed by atoms with E-state index >= 15 is 0 Å². The van der Waals surface area contributed by atoms with Gasteiger partial charge in [0.25, 0.3) is 5.91 Å². The number of likely N-dealkylation sites (tertiary alicyclic amines) is 2. The number of carbonyl (C=O) groups excluding carboxylic acids is 2. The monoisotopic (exact) mass is 349 g/mol. The Hall–Kier alpha value is -1.89. The number of fused-ring (bicyclic) bond motifs is 1. The lowest BCUT2D eigenvalue weighted by molar-refractivity contribution is -0.141. The van der Waals surface area contributed by atoms with Gasteiger partial charge in [-0.25, -0.2) is 0 Å². The van der Waals surface area contributed by atoms with E-state index in [0.29, 0.717) is 42.7 Å². The number of piperidine rings is 2. The molecule has 2 aliphatic rings. The number of amides is 2. The number of hydrogen-bond donors (Lipinski definition) is 1. The van der Waals surface area contributed by atoms with Gasteiger partial charge in [0.1, 0.15) is 5.76 Å². The zero-order chi connectivity index (χ0) is 18.1. The summed E-state index contributed by atoms with van der Waals surface area (Å²) in [5.74, 6) is 1.27. The molecule has 7 heteroatoms. The van der Waals surface area contributed by atoms with Crippen molar-refractivity contribution < 1.29 is 19.2 Å². The van der Waals surface area contributed by atoms with Crippen LogP contribution in [0, 0.1) is 18.8 Å². The number of nitrogens with zero attached hydrogens (tertiary/aromatic N) is 3. The maximum absolute atomic E-state index is 12.8. The molecule has 0 unspecified atom stereocenters. The zero-order valence-electron chi connectivity index (χ0n) is 15.2. The summed E-state index contributed by atoms with van der Waals surface area (Å²) in [7, 11) is 0.